The molecule has 2 amide bonds. The van der Waals surface area contributed by atoms with Crippen LogP contribution >= 0.6 is 0 Å². The van der Waals surface area contributed by atoms with Gasteiger partial charge in [-0.05, 0) is 67.1 Å². The second kappa shape index (κ2) is 11.3. The van der Waals surface area contributed by atoms with Crippen LogP contribution in [-0.4, -0.2) is 18.4 Å². The molecule has 0 heterocycles. The summed E-state index contributed by atoms with van der Waals surface area (Å²) in [5.74, 6) is 0.830. The van der Waals surface area contributed by atoms with Crippen LogP contribution in [0, 0.1) is 19.8 Å². The molecule has 0 radical (unpaired) electrons. The summed E-state index contributed by atoms with van der Waals surface area (Å²) in [7, 11) is 0. The predicted octanol–water partition coefficient (Wildman–Crippen LogP) is 5.59. The fourth-order valence-corrected chi connectivity index (χ4v) is 3.44. The van der Waals surface area contributed by atoms with E-state index >= 15 is 0 Å². The molecular formula is C28H32N2O3. The molecule has 3 aromatic carbocycles. The minimum Gasteiger partial charge on any atom is -0.494 e. The zero-order valence-corrected chi connectivity index (χ0v) is 19.7. The van der Waals surface area contributed by atoms with E-state index in [-0.39, 0.29) is 11.8 Å². The van der Waals surface area contributed by atoms with E-state index in [1.54, 1.807) is 12.1 Å². The molecule has 5 heteroatoms. The molecule has 0 saturated heterocycles. The zero-order valence-electron chi connectivity index (χ0n) is 19.7. The quantitative estimate of drug-likeness (QED) is 0.423. The van der Waals surface area contributed by atoms with Crippen molar-refractivity contribution in [1.82, 2.24) is 10.6 Å². The Morgan fingerprint density at radius 2 is 1.24 bits per heavy atom. The monoisotopic (exact) mass is 444 g/mol. The lowest BCUT2D eigenvalue weighted by Gasteiger charge is -2.22. The topological polar surface area (TPSA) is 67.4 Å². The molecule has 0 aliphatic rings. The van der Waals surface area contributed by atoms with E-state index < -0.39 is 6.17 Å². The minimum absolute atomic E-state index is 0.250. The van der Waals surface area contributed by atoms with Gasteiger partial charge in [0.15, 0.2) is 0 Å². The number of amides is 2. The number of ether oxygens (including phenoxy) is 1. The van der Waals surface area contributed by atoms with Crippen molar-refractivity contribution in [2.75, 3.05) is 6.61 Å². The van der Waals surface area contributed by atoms with Crippen LogP contribution in [0.2, 0.25) is 0 Å². The third-order valence-electron chi connectivity index (χ3n) is 5.51. The molecule has 2 N–H and O–H groups in total. The Morgan fingerprint density at radius 3 is 1.70 bits per heavy atom. The largest absolute Gasteiger partial charge is 0.494 e. The third kappa shape index (κ3) is 6.69. The molecule has 3 rings (SSSR count). The second-order valence-electron chi connectivity index (χ2n) is 8.61. The second-order valence-corrected chi connectivity index (χ2v) is 8.61. The Kier molecular flexibility index (Phi) is 8.25. The molecule has 5 nitrogen and oxygen atoms in total. The first-order valence-electron chi connectivity index (χ1n) is 11.3. The van der Waals surface area contributed by atoms with E-state index in [1.165, 1.54) is 0 Å². The van der Waals surface area contributed by atoms with Crippen LogP contribution in [0.1, 0.15) is 63.8 Å². The van der Waals surface area contributed by atoms with Crippen LogP contribution in [0.25, 0.3) is 0 Å². The Labute approximate surface area is 196 Å². The average Bonchev–Trinajstić information content (AvgIpc) is 2.79. The molecule has 0 bridgehead atoms. The van der Waals surface area contributed by atoms with Crippen LogP contribution in [0.15, 0.2) is 72.8 Å². The fourth-order valence-electron chi connectivity index (χ4n) is 3.44. The molecule has 0 fully saturated rings. The van der Waals surface area contributed by atoms with Crippen molar-refractivity contribution in [3.8, 4) is 5.75 Å². The molecule has 0 aromatic heterocycles. The summed E-state index contributed by atoms with van der Waals surface area (Å²) >= 11 is 0. The van der Waals surface area contributed by atoms with Gasteiger partial charge in [0.1, 0.15) is 11.9 Å². The highest BCUT2D eigenvalue weighted by atomic mass is 16.5. The van der Waals surface area contributed by atoms with Crippen molar-refractivity contribution in [2.45, 2.75) is 40.3 Å². The number of nitrogens with one attached hydrogen (secondary N) is 2. The molecule has 0 aliphatic carbocycles. The summed E-state index contributed by atoms with van der Waals surface area (Å²) in [5.41, 5.74) is 3.64. The molecule has 0 aliphatic heterocycles. The molecule has 0 spiro atoms. The molecule has 0 saturated carbocycles. The van der Waals surface area contributed by atoms with E-state index in [0.717, 1.165) is 28.9 Å². The minimum atomic E-state index is -0.700. The summed E-state index contributed by atoms with van der Waals surface area (Å²) in [5, 5.41) is 5.95. The Morgan fingerprint density at radius 1 is 0.758 bits per heavy atom. The summed E-state index contributed by atoms with van der Waals surface area (Å²) in [4.78, 5) is 26.0. The first-order valence-corrected chi connectivity index (χ1v) is 11.3. The Hall–Kier alpha value is -3.60. The molecule has 0 unspecified atom stereocenters. The van der Waals surface area contributed by atoms with Crippen LogP contribution in [0.5, 0.6) is 5.75 Å². The van der Waals surface area contributed by atoms with Crippen molar-refractivity contribution in [2.24, 2.45) is 5.92 Å². The number of carbonyl (C=O) groups is 2. The number of aryl methyl sites for hydroxylation is 2. The first-order chi connectivity index (χ1) is 15.8. The highest BCUT2D eigenvalue weighted by Gasteiger charge is 2.20. The summed E-state index contributed by atoms with van der Waals surface area (Å²) in [6.45, 7) is 8.74. The van der Waals surface area contributed by atoms with Gasteiger partial charge in [-0.3, -0.25) is 9.59 Å². The average molecular weight is 445 g/mol. The normalized spacial score (nSPS) is 10.8. The smallest absolute Gasteiger partial charge is 0.253 e. The molecule has 0 atom stereocenters. The zero-order chi connectivity index (χ0) is 23.8. The van der Waals surface area contributed by atoms with Crippen LogP contribution in [0.3, 0.4) is 0 Å². The van der Waals surface area contributed by atoms with Gasteiger partial charge in [0, 0.05) is 11.1 Å². The van der Waals surface area contributed by atoms with Gasteiger partial charge < -0.3 is 15.4 Å². The number of carbonyl (C=O) groups excluding carboxylic acids is 2. The molecular weight excluding hydrogens is 412 g/mol. The molecule has 33 heavy (non-hydrogen) atoms. The summed E-state index contributed by atoms with van der Waals surface area (Å²) in [6, 6.07) is 22.2. The summed E-state index contributed by atoms with van der Waals surface area (Å²) in [6.07, 6.45) is 0.275. The maximum atomic E-state index is 13.0. The standard InChI is InChI=1S/C28H32N2O3/c1-19(2)17-18-33-23-15-13-22(14-16-23)26(29-27(31)24-11-7-5-9-20(24)3)30-28(32)25-12-8-6-10-21(25)4/h5-16,19,26H,17-18H2,1-4H3,(H,29,31)(H,30,32). The highest BCUT2D eigenvalue weighted by molar-refractivity contribution is 5.98. The van der Waals surface area contributed by atoms with Crippen LogP contribution in [-0.2, 0) is 0 Å². The van der Waals surface area contributed by atoms with E-state index in [9.17, 15) is 9.59 Å². The maximum Gasteiger partial charge on any atom is 0.253 e. The van der Waals surface area contributed by atoms with Gasteiger partial charge >= 0.3 is 0 Å². The van der Waals surface area contributed by atoms with Crippen molar-refractivity contribution in [1.29, 1.82) is 0 Å². The number of benzene rings is 3. The lowest BCUT2D eigenvalue weighted by Crippen LogP contribution is -2.41. The van der Waals surface area contributed by atoms with E-state index in [0.29, 0.717) is 23.7 Å². The first kappa shape index (κ1) is 24.1. The predicted molar refractivity (Wildman–Crippen MR) is 131 cm³/mol. The number of rotatable bonds is 9. The van der Waals surface area contributed by atoms with Crippen LogP contribution < -0.4 is 15.4 Å². The van der Waals surface area contributed by atoms with Gasteiger partial charge in [0.05, 0.1) is 6.61 Å². The van der Waals surface area contributed by atoms with E-state index in [4.69, 9.17) is 4.74 Å². The van der Waals surface area contributed by atoms with Gasteiger partial charge in [0.2, 0.25) is 0 Å². The lowest BCUT2D eigenvalue weighted by molar-refractivity contribution is 0.0883. The number of hydrogen-bond acceptors (Lipinski definition) is 3. The van der Waals surface area contributed by atoms with Crippen molar-refractivity contribution in [3.63, 3.8) is 0 Å². The lowest BCUT2D eigenvalue weighted by atomic mass is 10.1. The van der Waals surface area contributed by atoms with Crippen LogP contribution in [0.4, 0.5) is 0 Å². The van der Waals surface area contributed by atoms with Gasteiger partial charge in [-0.1, -0.05) is 62.4 Å². The summed E-state index contributed by atoms with van der Waals surface area (Å²) < 4.78 is 5.81. The van der Waals surface area contributed by atoms with Gasteiger partial charge in [-0.15, -0.1) is 0 Å². The van der Waals surface area contributed by atoms with Gasteiger partial charge in [-0.25, -0.2) is 0 Å². The molecule has 3 aromatic rings. The highest BCUT2D eigenvalue weighted by Crippen LogP contribution is 2.19. The SMILES string of the molecule is Cc1ccccc1C(=O)NC(NC(=O)c1ccccc1C)c1ccc(OCCC(C)C)cc1. The van der Waals surface area contributed by atoms with Crippen molar-refractivity contribution < 1.29 is 14.3 Å². The Bertz CT molecular complexity index is 1030. The van der Waals surface area contributed by atoms with Crippen molar-refractivity contribution >= 4 is 11.8 Å². The molecule has 172 valence electrons. The van der Waals surface area contributed by atoms with Gasteiger partial charge in [-0.2, -0.15) is 0 Å². The van der Waals surface area contributed by atoms with E-state index in [2.05, 4.69) is 24.5 Å². The van der Waals surface area contributed by atoms with Crippen molar-refractivity contribution in [3.05, 3.63) is 101 Å². The number of hydrogen-bond donors (Lipinski definition) is 2. The Balaban J connectivity index is 1.82. The van der Waals surface area contributed by atoms with Gasteiger partial charge in [0.25, 0.3) is 11.8 Å². The fraction of sp³-hybridized carbons (Fsp3) is 0.286. The van der Waals surface area contributed by atoms with E-state index in [1.807, 2.05) is 74.5 Å². The maximum absolute atomic E-state index is 13.0. The third-order valence-corrected chi connectivity index (χ3v) is 5.51.